The molecule has 6 heteroatoms. The summed E-state index contributed by atoms with van der Waals surface area (Å²) in [7, 11) is 2.16. The van der Waals surface area contributed by atoms with Crippen molar-refractivity contribution in [1.82, 2.24) is 14.7 Å². The molecule has 0 atom stereocenters. The van der Waals surface area contributed by atoms with Gasteiger partial charge in [-0.2, -0.15) is 5.10 Å². The van der Waals surface area contributed by atoms with E-state index in [1.165, 1.54) is 4.90 Å². The quantitative estimate of drug-likeness (QED) is 0.524. The Balaban J connectivity index is 1.50. The van der Waals surface area contributed by atoms with Crippen LogP contribution in [-0.2, 0) is 4.79 Å². The molecule has 0 spiro atoms. The van der Waals surface area contributed by atoms with Crippen LogP contribution in [0.1, 0.15) is 5.56 Å². The molecule has 1 aliphatic heterocycles. The van der Waals surface area contributed by atoms with Gasteiger partial charge in [0, 0.05) is 23.2 Å². The molecular weight excluding hydrogens is 388 g/mol. The summed E-state index contributed by atoms with van der Waals surface area (Å²) in [4.78, 5) is 16.1. The Labute approximate surface area is 181 Å². The Morgan fingerprint density at radius 1 is 1.06 bits per heavy atom. The molecule has 156 valence electrons. The number of furan rings is 1. The molecule has 0 saturated carbocycles. The molecule has 0 unspecified atom stereocenters. The van der Waals surface area contributed by atoms with E-state index in [4.69, 9.17) is 9.52 Å². The van der Waals surface area contributed by atoms with Crippen LogP contribution in [-0.4, -0.2) is 53.8 Å². The van der Waals surface area contributed by atoms with E-state index in [0.717, 1.165) is 48.4 Å². The molecule has 2 aromatic carbocycles. The smallest absolute Gasteiger partial charge is 0.246 e. The molecule has 1 fully saturated rings. The molecule has 6 nitrogen and oxygen atoms in total. The van der Waals surface area contributed by atoms with E-state index in [9.17, 15) is 4.79 Å². The highest BCUT2D eigenvalue weighted by Crippen LogP contribution is 2.30. The van der Waals surface area contributed by atoms with Crippen LogP contribution in [0.2, 0.25) is 0 Å². The number of hydrogen-bond donors (Lipinski definition) is 1. The van der Waals surface area contributed by atoms with E-state index in [1.54, 1.807) is 6.08 Å². The molecule has 4 aromatic rings. The van der Waals surface area contributed by atoms with Gasteiger partial charge in [-0.25, -0.2) is 4.68 Å². The van der Waals surface area contributed by atoms with Gasteiger partial charge in [0.05, 0.1) is 38.9 Å². The minimum absolute atomic E-state index is 0.0375. The molecule has 1 N–H and O–H groups in total. The molecule has 1 aliphatic rings. The van der Waals surface area contributed by atoms with Gasteiger partial charge in [-0.1, -0.05) is 36.4 Å². The fraction of sp³-hybridized carbons (Fsp3) is 0.200. The number of piperazine rings is 1. The molecule has 0 aliphatic carbocycles. The van der Waals surface area contributed by atoms with E-state index < -0.39 is 0 Å². The number of benzene rings is 2. The molecule has 1 amide bonds. The lowest BCUT2D eigenvalue weighted by atomic mass is 10.1. The lowest BCUT2D eigenvalue weighted by Gasteiger charge is -2.29. The number of quaternary nitrogens is 1. The van der Waals surface area contributed by atoms with Crippen molar-refractivity contribution in [2.24, 2.45) is 0 Å². The van der Waals surface area contributed by atoms with E-state index in [0.29, 0.717) is 11.5 Å². The first kappa shape index (κ1) is 19.3. The van der Waals surface area contributed by atoms with Gasteiger partial charge < -0.3 is 14.2 Å². The second kappa shape index (κ2) is 8.24. The molecular formula is C25H25N4O2+. The highest BCUT2D eigenvalue weighted by molar-refractivity contribution is 5.93. The number of hydrogen-bond acceptors (Lipinski definition) is 3. The topological polar surface area (TPSA) is 55.7 Å². The summed E-state index contributed by atoms with van der Waals surface area (Å²) in [5.41, 5.74) is 3.33. The summed E-state index contributed by atoms with van der Waals surface area (Å²) in [5.74, 6) is 0.724. The fourth-order valence-corrected chi connectivity index (χ4v) is 3.89. The average molecular weight is 414 g/mol. The molecule has 0 bridgehead atoms. The predicted molar refractivity (Wildman–Crippen MR) is 121 cm³/mol. The summed E-state index contributed by atoms with van der Waals surface area (Å²) in [6.45, 7) is 3.54. The van der Waals surface area contributed by atoms with Gasteiger partial charge in [0.15, 0.2) is 5.76 Å². The van der Waals surface area contributed by atoms with Crippen molar-refractivity contribution in [3.05, 3.63) is 78.5 Å². The van der Waals surface area contributed by atoms with Crippen LogP contribution in [0.25, 0.3) is 34.2 Å². The number of rotatable bonds is 4. The molecule has 1 saturated heterocycles. The summed E-state index contributed by atoms with van der Waals surface area (Å²) in [6.07, 6.45) is 5.44. The zero-order valence-electron chi connectivity index (χ0n) is 17.5. The second-order valence-corrected chi connectivity index (χ2v) is 7.98. The van der Waals surface area contributed by atoms with Crippen molar-refractivity contribution in [3.63, 3.8) is 0 Å². The van der Waals surface area contributed by atoms with Crippen molar-refractivity contribution >= 4 is 23.0 Å². The minimum atomic E-state index is 0.0375. The van der Waals surface area contributed by atoms with Gasteiger partial charge in [0.1, 0.15) is 11.3 Å². The van der Waals surface area contributed by atoms with Crippen molar-refractivity contribution in [2.75, 3.05) is 33.2 Å². The monoisotopic (exact) mass is 413 g/mol. The number of para-hydroxylation sites is 2. The van der Waals surface area contributed by atoms with Gasteiger partial charge in [0.25, 0.3) is 0 Å². The first-order chi connectivity index (χ1) is 15.2. The van der Waals surface area contributed by atoms with Gasteiger partial charge in [-0.3, -0.25) is 4.79 Å². The van der Waals surface area contributed by atoms with Gasteiger partial charge in [-0.15, -0.1) is 0 Å². The van der Waals surface area contributed by atoms with E-state index >= 15 is 0 Å². The maximum absolute atomic E-state index is 12.7. The number of nitrogens with zero attached hydrogens (tertiary/aromatic N) is 3. The van der Waals surface area contributed by atoms with Crippen LogP contribution in [0.15, 0.2) is 77.4 Å². The van der Waals surface area contributed by atoms with E-state index in [2.05, 4.69) is 7.05 Å². The zero-order valence-corrected chi connectivity index (χ0v) is 17.5. The highest BCUT2D eigenvalue weighted by atomic mass is 16.3. The number of carbonyl (C=O) groups is 1. The average Bonchev–Trinajstić information content (AvgIpc) is 3.42. The summed E-state index contributed by atoms with van der Waals surface area (Å²) < 4.78 is 7.90. The Kier molecular flexibility index (Phi) is 5.14. The summed E-state index contributed by atoms with van der Waals surface area (Å²) in [5, 5.41) is 5.82. The summed E-state index contributed by atoms with van der Waals surface area (Å²) in [6, 6.07) is 19.8. The maximum atomic E-state index is 12.7. The molecule has 31 heavy (non-hydrogen) atoms. The molecule has 3 heterocycles. The zero-order chi connectivity index (χ0) is 21.2. The van der Waals surface area contributed by atoms with Crippen LogP contribution in [0.4, 0.5) is 0 Å². The minimum Gasteiger partial charge on any atom is -0.454 e. The number of amides is 1. The number of fused-ring (bicyclic) bond motifs is 1. The van der Waals surface area contributed by atoms with Crippen LogP contribution in [0.5, 0.6) is 0 Å². The lowest BCUT2D eigenvalue weighted by Crippen LogP contribution is -3.12. The standard InChI is InChI=1S/C25H24N4O2/c1-27-13-15-28(16-14-27)24(30)12-11-20-18-29(21-8-3-2-4-9-21)26-25(20)23-17-19-7-5-6-10-22(19)31-23/h2-12,17-18H,13-16H2,1H3/p+1/b12-11+. The summed E-state index contributed by atoms with van der Waals surface area (Å²) >= 11 is 0. The van der Waals surface area contributed by atoms with Crippen molar-refractivity contribution in [3.8, 4) is 17.1 Å². The Hall–Kier alpha value is -3.64. The largest absolute Gasteiger partial charge is 0.454 e. The highest BCUT2D eigenvalue weighted by Gasteiger charge is 2.20. The van der Waals surface area contributed by atoms with Crippen molar-refractivity contribution in [2.45, 2.75) is 0 Å². The number of aromatic nitrogens is 2. The lowest BCUT2D eigenvalue weighted by molar-refractivity contribution is -0.883. The number of carbonyl (C=O) groups excluding carboxylic acids is 1. The van der Waals surface area contributed by atoms with Crippen molar-refractivity contribution < 1.29 is 14.1 Å². The number of nitrogens with one attached hydrogen (secondary N) is 1. The Morgan fingerprint density at radius 2 is 1.81 bits per heavy atom. The molecule has 5 rings (SSSR count). The Morgan fingerprint density at radius 3 is 2.58 bits per heavy atom. The van der Waals surface area contributed by atoms with Gasteiger partial charge in [-0.05, 0) is 30.3 Å². The fourth-order valence-electron chi connectivity index (χ4n) is 3.89. The molecule has 0 radical (unpaired) electrons. The van der Waals surface area contributed by atoms with Gasteiger partial charge >= 0.3 is 0 Å². The van der Waals surface area contributed by atoms with Crippen LogP contribution >= 0.6 is 0 Å². The number of likely N-dealkylation sites (N-methyl/N-ethyl adjacent to an activating group) is 1. The first-order valence-corrected chi connectivity index (χ1v) is 10.6. The van der Waals surface area contributed by atoms with E-state index in [-0.39, 0.29) is 5.91 Å². The van der Waals surface area contributed by atoms with Crippen LogP contribution < -0.4 is 4.90 Å². The van der Waals surface area contributed by atoms with Crippen LogP contribution in [0.3, 0.4) is 0 Å². The third kappa shape index (κ3) is 4.02. The van der Waals surface area contributed by atoms with Gasteiger partial charge in [0.2, 0.25) is 5.91 Å². The first-order valence-electron chi connectivity index (χ1n) is 10.6. The molecule has 2 aromatic heterocycles. The van der Waals surface area contributed by atoms with Crippen LogP contribution in [0, 0.1) is 0 Å². The van der Waals surface area contributed by atoms with E-state index in [1.807, 2.05) is 82.5 Å². The third-order valence-corrected chi connectivity index (χ3v) is 5.76. The normalized spacial score (nSPS) is 15.2. The maximum Gasteiger partial charge on any atom is 0.246 e. The Bertz CT molecular complexity index is 1200. The predicted octanol–water partition coefficient (Wildman–Crippen LogP) is 2.66. The third-order valence-electron chi connectivity index (χ3n) is 5.76. The second-order valence-electron chi connectivity index (χ2n) is 7.98. The van der Waals surface area contributed by atoms with Crippen molar-refractivity contribution in [1.29, 1.82) is 0 Å². The SMILES string of the molecule is C[NH+]1CCN(C(=O)/C=C/c2cn(-c3ccccc3)nc2-c2cc3ccccc3o2)CC1.